The third-order valence-electron chi connectivity index (χ3n) is 5.33. The number of nitrogens with zero attached hydrogens (tertiary/aromatic N) is 4. The van der Waals surface area contributed by atoms with Crippen LogP contribution in [0.4, 0.5) is 5.69 Å². The van der Waals surface area contributed by atoms with E-state index in [1.807, 2.05) is 32.0 Å². The Morgan fingerprint density at radius 3 is 2.87 bits per heavy atom. The number of amides is 1. The molecular weight excluding hydrogens is 398 g/mol. The Morgan fingerprint density at radius 1 is 1.16 bits per heavy atom. The largest absolute Gasteiger partial charge is 0.454 e. The SMILES string of the molecule is Cc1cccc(-n2ncc3c(=O)n(CC(=O)Nc4ccc5c(c4)OCO5)cnc32)c1C. The van der Waals surface area contributed by atoms with E-state index >= 15 is 0 Å². The Bertz CT molecular complexity index is 1390. The molecule has 5 rings (SSSR count). The highest BCUT2D eigenvalue weighted by Crippen LogP contribution is 2.34. The summed E-state index contributed by atoms with van der Waals surface area (Å²) in [4.78, 5) is 29.8. The van der Waals surface area contributed by atoms with Gasteiger partial charge >= 0.3 is 0 Å². The highest BCUT2D eigenvalue weighted by Gasteiger charge is 2.16. The van der Waals surface area contributed by atoms with Crippen LogP contribution in [0.3, 0.4) is 0 Å². The number of carbonyl (C=O) groups excluding carboxylic acids is 1. The molecule has 2 aromatic carbocycles. The van der Waals surface area contributed by atoms with Crippen LogP contribution in [0.5, 0.6) is 11.5 Å². The van der Waals surface area contributed by atoms with E-state index in [9.17, 15) is 9.59 Å². The first kappa shape index (κ1) is 18.9. The minimum Gasteiger partial charge on any atom is -0.454 e. The third-order valence-corrected chi connectivity index (χ3v) is 5.33. The number of nitrogens with one attached hydrogen (secondary N) is 1. The maximum absolute atomic E-state index is 12.9. The summed E-state index contributed by atoms with van der Waals surface area (Å²) >= 11 is 0. The molecule has 0 unspecified atom stereocenters. The maximum atomic E-state index is 12.9. The van der Waals surface area contributed by atoms with Gasteiger partial charge in [-0.25, -0.2) is 9.67 Å². The van der Waals surface area contributed by atoms with Gasteiger partial charge in [-0.2, -0.15) is 5.10 Å². The van der Waals surface area contributed by atoms with Crippen LogP contribution in [0.15, 0.2) is 53.7 Å². The van der Waals surface area contributed by atoms with Crippen LogP contribution in [0.2, 0.25) is 0 Å². The predicted molar refractivity (Wildman–Crippen MR) is 114 cm³/mol. The number of aryl methyl sites for hydroxylation is 1. The van der Waals surface area contributed by atoms with E-state index in [0.29, 0.717) is 28.2 Å². The maximum Gasteiger partial charge on any atom is 0.264 e. The van der Waals surface area contributed by atoms with Crippen LogP contribution < -0.4 is 20.3 Å². The van der Waals surface area contributed by atoms with Crippen LogP contribution in [0.1, 0.15) is 11.1 Å². The Kier molecular flexibility index (Phi) is 4.43. The second-order valence-electron chi connectivity index (χ2n) is 7.31. The van der Waals surface area contributed by atoms with Gasteiger partial charge in [-0.1, -0.05) is 12.1 Å². The first-order valence-electron chi connectivity index (χ1n) is 9.70. The Morgan fingerprint density at radius 2 is 2.00 bits per heavy atom. The van der Waals surface area contributed by atoms with Gasteiger partial charge in [0.1, 0.15) is 18.3 Å². The first-order chi connectivity index (χ1) is 15.0. The monoisotopic (exact) mass is 417 g/mol. The van der Waals surface area contributed by atoms with E-state index in [4.69, 9.17) is 9.47 Å². The van der Waals surface area contributed by atoms with Gasteiger partial charge in [0, 0.05) is 11.8 Å². The van der Waals surface area contributed by atoms with Crippen molar-refractivity contribution >= 4 is 22.6 Å². The second kappa shape index (κ2) is 7.28. The lowest BCUT2D eigenvalue weighted by Crippen LogP contribution is -2.27. The molecule has 0 saturated heterocycles. The highest BCUT2D eigenvalue weighted by molar-refractivity contribution is 5.91. The van der Waals surface area contributed by atoms with Gasteiger partial charge in [-0.3, -0.25) is 14.2 Å². The third kappa shape index (κ3) is 3.29. The van der Waals surface area contributed by atoms with Crippen molar-refractivity contribution in [2.75, 3.05) is 12.1 Å². The summed E-state index contributed by atoms with van der Waals surface area (Å²) < 4.78 is 13.5. The Hall–Kier alpha value is -4.14. The molecule has 0 aliphatic carbocycles. The van der Waals surface area contributed by atoms with Gasteiger partial charge in [0.2, 0.25) is 12.7 Å². The second-order valence-corrected chi connectivity index (χ2v) is 7.31. The lowest BCUT2D eigenvalue weighted by molar-refractivity contribution is -0.116. The van der Waals surface area contributed by atoms with Gasteiger partial charge in [-0.05, 0) is 43.2 Å². The average Bonchev–Trinajstić information content (AvgIpc) is 3.39. The quantitative estimate of drug-likeness (QED) is 0.548. The molecule has 2 aromatic heterocycles. The molecule has 0 radical (unpaired) electrons. The normalized spacial score (nSPS) is 12.3. The average molecular weight is 417 g/mol. The number of carbonyl (C=O) groups is 1. The van der Waals surface area contributed by atoms with E-state index in [1.165, 1.54) is 17.1 Å². The van der Waals surface area contributed by atoms with Gasteiger partial charge < -0.3 is 14.8 Å². The molecule has 0 saturated carbocycles. The van der Waals surface area contributed by atoms with Gasteiger partial charge in [0.05, 0.1) is 11.9 Å². The molecule has 4 aromatic rings. The molecule has 0 spiro atoms. The summed E-state index contributed by atoms with van der Waals surface area (Å²) in [5, 5.41) is 7.47. The zero-order valence-electron chi connectivity index (χ0n) is 17.0. The Labute approximate surface area is 176 Å². The van der Waals surface area contributed by atoms with Crippen molar-refractivity contribution in [2.24, 2.45) is 0 Å². The van der Waals surface area contributed by atoms with Gasteiger partial charge in [-0.15, -0.1) is 0 Å². The molecule has 0 bridgehead atoms. The Balaban J connectivity index is 1.41. The zero-order chi connectivity index (χ0) is 21.5. The highest BCUT2D eigenvalue weighted by atomic mass is 16.7. The standard InChI is InChI=1S/C22H19N5O4/c1-13-4-3-5-17(14(13)2)27-21-16(9-24-27)22(29)26(11-23-21)10-20(28)25-15-6-7-18-19(8-15)31-12-30-18/h3-9,11H,10,12H2,1-2H3,(H,25,28). The fraction of sp³-hybridized carbons (Fsp3) is 0.182. The van der Waals surface area contributed by atoms with Crippen LogP contribution in [0, 0.1) is 13.8 Å². The molecule has 1 aliphatic rings. The molecule has 0 atom stereocenters. The molecule has 9 nitrogen and oxygen atoms in total. The van der Waals surface area contributed by atoms with Crippen molar-refractivity contribution in [3.05, 3.63) is 70.4 Å². The molecule has 1 amide bonds. The fourth-order valence-electron chi connectivity index (χ4n) is 3.53. The molecule has 0 fully saturated rings. The van der Waals surface area contributed by atoms with Crippen molar-refractivity contribution in [1.29, 1.82) is 0 Å². The van der Waals surface area contributed by atoms with Gasteiger partial charge in [0.15, 0.2) is 17.1 Å². The minimum absolute atomic E-state index is 0.156. The first-order valence-corrected chi connectivity index (χ1v) is 9.70. The van der Waals surface area contributed by atoms with E-state index < -0.39 is 0 Å². The number of hydrogen-bond acceptors (Lipinski definition) is 6. The molecular formula is C22H19N5O4. The number of anilines is 1. The van der Waals surface area contributed by atoms with E-state index in [2.05, 4.69) is 15.4 Å². The van der Waals surface area contributed by atoms with Crippen LogP contribution in [-0.2, 0) is 11.3 Å². The van der Waals surface area contributed by atoms with Gasteiger partial charge in [0.25, 0.3) is 5.56 Å². The topological polar surface area (TPSA) is 100 Å². The predicted octanol–water partition coefficient (Wildman–Crippen LogP) is 2.57. The van der Waals surface area contributed by atoms with E-state index in [-0.39, 0.29) is 24.8 Å². The summed E-state index contributed by atoms with van der Waals surface area (Å²) in [5.41, 5.74) is 3.71. The summed E-state index contributed by atoms with van der Waals surface area (Å²) in [6.45, 7) is 4.00. The van der Waals surface area contributed by atoms with Crippen molar-refractivity contribution < 1.29 is 14.3 Å². The lowest BCUT2D eigenvalue weighted by Gasteiger charge is -2.10. The van der Waals surface area contributed by atoms with E-state index in [0.717, 1.165) is 16.8 Å². The summed E-state index contributed by atoms with van der Waals surface area (Å²) in [6.07, 6.45) is 2.85. The summed E-state index contributed by atoms with van der Waals surface area (Å²) in [7, 11) is 0. The number of fused-ring (bicyclic) bond motifs is 2. The molecule has 31 heavy (non-hydrogen) atoms. The van der Waals surface area contributed by atoms with Crippen LogP contribution in [0.25, 0.3) is 16.7 Å². The number of ether oxygens (including phenoxy) is 2. The number of rotatable bonds is 4. The van der Waals surface area contributed by atoms with Crippen molar-refractivity contribution in [1.82, 2.24) is 19.3 Å². The van der Waals surface area contributed by atoms with Crippen LogP contribution >= 0.6 is 0 Å². The molecule has 156 valence electrons. The minimum atomic E-state index is -0.357. The molecule has 9 heteroatoms. The van der Waals surface area contributed by atoms with E-state index in [1.54, 1.807) is 22.9 Å². The summed E-state index contributed by atoms with van der Waals surface area (Å²) in [6, 6.07) is 11.0. The van der Waals surface area contributed by atoms with Crippen molar-refractivity contribution in [2.45, 2.75) is 20.4 Å². The smallest absolute Gasteiger partial charge is 0.264 e. The zero-order valence-corrected chi connectivity index (χ0v) is 17.0. The van der Waals surface area contributed by atoms with Crippen LogP contribution in [-0.4, -0.2) is 32.0 Å². The lowest BCUT2D eigenvalue weighted by atomic mass is 10.1. The molecule has 1 N–H and O–H groups in total. The number of hydrogen-bond donors (Lipinski definition) is 1. The summed E-state index contributed by atoms with van der Waals surface area (Å²) in [5.74, 6) is 0.839. The molecule has 1 aliphatic heterocycles. The fourth-order valence-corrected chi connectivity index (χ4v) is 3.53. The van der Waals surface area contributed by atoms with Crippen molar-refractivity contribution in [3.63, 3.8) is 0 Å². The number of benzene rings is 2. The molecule has 3 heterocycles. The van der Waals surface area contributed by atoms with Crippen molar-refractivity contribution in [3.8, 4) is 17.2 Å². The number of aromatic nitrogens is 4.